The lowest BCUT2D eigenvalue weighted by Gasteiger charge is -2.30. The summed E-state index contributed by atoms with van der Waals surface area (Å²) in [5, 5.41) is 11.5. The molecule has 92 valence electrons. The van der Waals surface area contributed by atoms with Crippen molar-refractivity contribution in [1.82, 2.24) is 5.32 Å². The van der Waals surface area contributed by atoms with E-state index in [9.17, 15) is 0 Å². The van der Waals surface area contributed by atoms with Crippen LogP contribution in [-0.2, 0) is 0 Å². The Balaban J connectivity index is 0.000000336. The minimum absolute atomic E-state index is 0.344. The van der Waals surface area contributed by atoms with E-state index in [-0.39, 0.29) is 0 Å². The third-order valence-electron chi connectivity index (χ3n) is 3.32. The summed E-state index contributed by atoms with van der Waals surface area (Å²) in [7, 11) is 2.10. The van der Waals surface area contributed by atoms with Crippen LogP contribution in [0.1, 0.15) is 58.8 Å². The molecule has 0 bridgehead atoms. The van der Waals surface area contributed by atoms with Crippen molar-refractivity contribution in [3.8, 4) is 0 Å². The fourth-order valence-electron chi connectivity index (χ4n) is 2.23. The Morgan fingerprint density at radius 2 is 1.87 bits per heavy atom. The standard InChI is InChI=1S/C9H19N.C4H10O/c1-3-8-6-4-5-7-9(8)10-2;1-2-3-4-5/h8-10H,3-7H2,1-2H3;5H,2-4H2,1H3. The van der Waals surface area contributed by atoms with Gasteiger partial charge < -0.3 is 10.4 Å². The van der Waals surface area contributed by atoms with E-state index in [0.717, 1.165) is 24.8 Å². The maximum Gasteiger partial charge on any atom is 0.0430 e. The quantitative estimate of drug-likeness (QED) is 0.755. The van der Waals surface area contributed by atoms with Crippen LogP contribution in [0.5, 0.6) is 0 Å². The lowest BCUT2D eigenvalue weighted by molar-refractivity contribution is 0.267. The first-order chi connectivity index (χ1) is 7.29. The molecule has 1 saturated carbocycles. The molecule has 0 spiro atoms. The largest absolute Gasteiger partial charge is 0.396 e. The monoisotopic (exact) mass is 215 g/mol. The normalized spacial score (nSPS) is 25.6. The van der Waals surface area contributed by atoms with Crippen LogP contribution in [0.15, 0.2) is 0 Å². The molecule has 0 aliphatic heterocycles. The summed E-state index contributed by atoms with van der Waals surface area (Å²) < 4.78 is 0. The lowest BCUT2D eigenvalue weighted by Crippen LogP contribution is -2.35. The van der Waals surface area contributed by atoms with E-state index in [1.165, 1.54) is 32.1 Å². The molecule has 1 rings (SSSR count). The summed E-state index contributed by atoms with van der Waals surface area (Å²) in [6.07, 6.45) is 9.12. The van der Waals surface area contributed by atoms with E-state index >= 15 is 0 Å². The van der Waals surface area contributed by atoms with Gasteiger partial charge in [0, 0.05) is 12.6 Å². The minimum atomic E-state index is 0.344. The molecular weight excluding hydrogens is 186 g/mol. The van der Waals surface area contributed by atoms with Gasteiger partial charge in [-0.3, -0.25) is 0 Å². The van der Waals surface area contributed by atoms with E-state index in [1.807, 2.05) is 0 Å². The van der Waals surface area contributed by atoms with Crippen LogP contribution in [0, 0.1) is 5.92 Å². The van der Waals surface area contributed by atoms with Gasteiger partial charge in [-0.1, -0.05) is 39.5 Å². The van der Waals surface area contributed by atoms with E-state index in [4.69, 9.17) is 5.11 Å². The van der Waals surface area contributed by atoms with E-state index in [2.05, 4.69) is 26.2 Å². The van der Waals surface area contributed by atoms with E-state index < -0.39 is 0 Å². The molecule has 2 nitrogen and oxygen atoms in total. The molecule has 2 N–H and O–H groups in total. The van der Waals surface area contributed by atoms with Gasteiger partial charge >= 0.3 is 0 Å². The van der Waals surface area contributed by atoms with E-state index in [0.29, 0.717) is 6.61 Å². The Hall–Kier alpha value is -0.0800. The number of rotatable bonds is 4. The van der Waals surface area contributed by atoms with Crippen LogP contribution in [0.3, 0.4) is 0 Å². The van der Waals surface area contributed by atoms with Crippen molar-refractivity contribution >= 4 is 0 Å². The average molecular weight is 215 g/mol. The average Bonchev–Trinajstić information content (AvgIpc) is 2.31. The van der Waals surface area contributed by atoms with Gasteiger partial charge in [0.1, 0.15) is 0 Å². The Bertz CT molecular complexity index is 114. The van der Waals surface area contributed by atoms with Crippen molar-refractivity contribution in [3.05, 3.63) is 0 Å². The lowest BCUT2D eigenvalue weighted by atomic mass is 9.83. The zero-order chi connectivity index (χ0) is 11.5. The molecule has 1 fully saturated rings. The summed E-state index contributed by atoms with van der Waals surface area (Å²) in [6, 6.07) is 0.818. The van der Waals surface area contributed by atoms with Crippen molar-refractivity contribution < 1.29 is 5.11 Å². The minimum Gasteiger partial charge on any atom is -0.396 e. The molecule has 2 unspecified atom stereocenters. The Morgan fingerprint density at radius 3 is 2.20 bits per heavy atom. The molecule has 2 atom stereocenters. The van der Waals surface area contributed by atoms with Gasteiger partial charge in [-0.25, -0.2) is 0 Å². The highest BCUT2D eigenvalue weighted by Gasteiger charge is 2.21. The fraction of sp³-hybridized carbons (Fsp3) is 1.00. The molecule has 0 amide bonds. The molecular formula is C13H29NO. The van der Waals surface area contributed by atoms with Crippen LogP contribution >= 0.6 is 0 Å². The Morgan fingerprint density at radius 1 is 1.20 bits per heavy atom. The Labute approximate surface area is 95.5 Å². The highest BCUT2D eigenvalue weighted by molar-refractivity contribution is 4.78. The maximum absolute atomic E-state index is 8.07. The van der Waals surface area contributed by atoms with Gasteiger partial charge in [0.2, 0.25) is 0 Å². The number of nitrogens with one attached hydrogen (secondary N) is 1. The highest BCUT2D eigenvalue weighted by atomic mass is 16.2. The molecule has 0 radical (unpaired) electrons. The van der Waals surface area contributed by atoms with Crippen molar-refractivity contribution in [3.63, 3.8) is 0 Å². The first kappa shape index (κ1) is 14.9. The van der Waals surface area contributed by atoms with Crippen molar-refractivity contribution in [2.24, 2.45) is 5.92 Å². The highest BCUT2D eigenvalue weighted by Crippen LogP contribution is 2.26. The molecule has 0 aromatic carbocycles. The molecule has 0 aromatic heterocycles. The van der Waals surface area contributed by atoms with Gasteiger partial charge in [0.25, 0.3) is 0 Å². The smallest absolute Gasteiger partial charge is 0.0430 e. The third kappa shape index (κ3) is 6.91. The Kier molecular flexibility index (Phi) is 10.4. The summed E-state index contributed by atoms with van der Waals surface area (Å²) in [4.78, 5) is 0. The zero-order valence-electron chi connectivity index (χ0n) is 10.8. The number of hydrogen-bond donors (Lipinski definition) is 2. The van der Waals surface area contributed by atoms with Crippen molar-refractivity contribution in [2.45, 2.75) is 64.8 Å². The van der Waals surface area contributed by atoms with Crippen LogP contribution in [0.25, 0.3) is 0 Å². The van der Waals surface area contributed by atoms with Crippen LogP contribution < -0.4 is 5.32 Å². The van der Waals surface area contributed by atoms with Gasteiger partial charge in [-0.15, -0.1) is 0 Å². The summed E-state index contributed by atoms with van der Waals surface area (Å²) in [6.45, 7) is 4.70. The summed E-state index contributed by atoms with van der Waals surface area (Å²) in [5.74, 6) is 0.957. The van der Waals surface area contributed by atoms with Crippen LogP contribution in [-0.4, -0.2) is 24.8 Å². The van der Waals surface area contributed by atoms with Crippen molar-refractivity contribution in [2.75, 3.05) is 13.7 Å². The molecule has 0 heterocycles. The molecule has 0 saturated heterocycles. The SMILES string of the molecule is CCC1CCCCC1NC.CCCCO. The van der Waals surface area contributed by atoms with Crippen LogP contribution in [0.4, 0.5) is 0 Å². The topological polar surface area (TPSA) is 32.3 Å². The molecule has 2 heteroatoms. The van der Waals surface area contributed by atoms with Gasteiger partial charge in [-0.2, -0.15) is 0 Å². The van der Waals surface area contributed by atoms with Crippen LogP contribution in [0.2, 0.25) is 0 Å². The molecule has 1 aliphatic carbocycles. The number of hydrogen-bond acceptors (Lipinski definition) is 2. The second-order valence-electron chi connectivity index (χ2n) is 4.43. The maximum atomic E-state index is 8.07. The zero-order valence-corrected chi connectivity index (χ0v) is 10.8. The second-order valence-corrected chi connectivity index (χ2v) is 4.43. The van der Waals surface area contributed by atoms with Gasteiger partial charge in [0.05, 0.1) is 0 Å². The molecule has 0 aromatic rings. The van der Waals surface area contributed by atoms with Crippen molar-refractivity contribution in [1.29, 1.82) is 0 Å². The third-order valence-corrected chi connectivity index (χ3v) is 3.32. The number of aliphatic hydroxyl groups excluding tert-OH is 1. The molecule has 1 aliphatic rings. The fourth-order valence-corrected chi connectivity index (χ4v) is 2.23. The van der Waals surface area contributed by atoms with E-state index in [1.54, 1.807) is 0 Å². The predicted octanol–water partition coefficient (Wildman–Crippen LogP) is 2.95. The number of unbranched alkanes of at least 4 members (excludes halogenated alkanes) is 1. The molecule has 15 heavy (non-hydrogen) atoms. The first-order valence-electron chi connectivity index (χ1n) is 6.58. The predicted molar refractivity (Wildman–Crippen MR) is 67.1 cm³/mol. The number of aliphatic hydroxyl groups is 1. The summed E-state index contributed by atoms with van der Waals surface area (Å²) in [5.41, 5.74) is 0. The second kappa shape index (κ2) is 10.4. The van der Waals surface area contributed by atoms with Gasteiger partial charge in [-0.05, 0) is 32.2 Å². The van der Waals surface area contributed by atoms with Gasteiger partial charge in [0.15, 0.2) is 0 Å². The summed E-state index contributed by atoms with van der Waals surface area (Å²) >= 11 is 0. The first-order valence-corrected chi connectivity index (χ1v) is 6.58.